The van der Waals surface area contributed by atoms with Crippen LogP contribution in [0, 0.1) is 6.92 Å². The van der Waals surface area contributed by atoms with Crippen molar-refractivity contribution >= 4 is 39.2 Å². The van der Waals surface area contributed by atoms with Gasteiger partial charge in [0.2, 0.25) is 0 Å². The summed E-state index contributed by atoms with van der Waals surface area (Å²) in [5.41, 5.74) is 2.91. The number of anilines is 1. The number of halogens is 2. The third-order valence-corrected chi connectivity index (χ3v) is 4.25. The number of benzene rings is 2. The van der Waals surface area contributed by atoms with E-state index in [9.17, 15) is 4.79 Å². The van der Waals surface area contributed by atoms with Gasteiger partial charge in [0, 0.05) is 16.7 Å². The average Bonchev–Trinajstić information content (AvgIpc) is 2.41. The van der Waals surface area contributed by atoms with E-state index in [1.54, 1.807) is 19.1 Å². The first-order chi connectivity index (χ1) is 9.49. The molecule has 0 radical (unpaired) electrons. The molecule has 0 aliphatic rings. The van der Waals surface area contributed by atoms with E-state index in [1.165, 1.54) is 0 Å². The Morgan fingerprint density at radius 2 is 2.10 bits per heavy atom. The summed E-state index contributed by atoms with van der Waals surface area (Å²) in [5.74, 6) is -0.916. The summed E-state index contributed by atoms with van der Waals surface area (Å²) in [7, 11) is 0. The second kappa shape index (κ2) is 6.29. The van der Waals surface area contributed by atoms with E-state index in [4.69, 9.17) is 16.7 Å². The van der Waals surface area contributed by atoms with Gasteiger partial charge in [-0.25, -0.2) is 4.79 Å². The van der Waals surface area contributed by atoms with Crippen molar-refractivity contribution in [1.82, 2.24) is 0 Å². The molecule has 0 spiro atoms. The van der Waals surface area contributed by atoms with Gasteiger partial charge in [0.25, 0.3) is 0 Å². The third-order valence-electron chi connectivity index (χ3n) is 3.03. The molecule has 0 unspecified atom stereocenters. The fourth-order valence-electron chi connectivity index (χ4n) is 1.91. The number of carboxylic acid groups (broad SMARTS) is 1. The monoisotopic (exact) mass is 353 g/mol. The first-order valence-electron chi connectivity index (χ1n) is 5.99. The Kier molecular flexibility index (Phi) is 4.68. The normalized spacial score (nSPS) is 10.3. The van der Waals surface area contributed by atoms with E-state index in [2.05, 4.69) is 21.2 Å². The van der Waals surface area contributed by atoms with Gasteiger partial charge < -0.3 is 10.4 Å². The van der Waals surface area contributed by atoms with Gasteiger partial charge in [0.1, 0.15) is 0 Å². The minimum atomic E-state index is -0.916. The number of hydrogen-bond acceptors (Lipinski definition) is 2. The topological polar surface area (TPSA) is 49.3 Å². The molecule has 0 aromatic heterocycles. The summed E-state index contributed by atoms with van der Waals surface area (Å²) >= 11 is 9.33. The van der Waals surface area contributed by atoms with Crippen molar-refractivity contribution in [3.8, 4) is 0 Å². The molecule has 0 aliphatic heterocycles. The lowest BCUT2D eigenvalue weighted by Crippen LogP contribution is -2.05. The van der Waals surface area contributed by atoms with E-state index in [0.717, 1.165) is 21.3 Å². The highest BCUT2D eigenvalue weighted by atomic mass is 79.9. The Morgan fingerprint density at radius 3 is 2.75 bits per heavy atom. The zero-order valence-corrected chi connectivity index (χ0v) is 13.1. The molecular weight excluding hydrogens is 342 g/mol. The van der Waals surface area contributed by atoms with Crippen LogP contribution in [0.3, 0.4) is 0 Å². The van der Waals surface area contributed by atoms with E-state index in [-0.39, 0.29) is 0 Å². The van der Waals surface area contributed by atoms with Crippen molar-refractivity contribution < 1.29 is 9.90 Å². The third kappa shape index (κ3) is 3.32. The summed E-state index contributed by atoms with van der Waals surface area (Å²) in [6.07, 6.45) is 0. The summed E-state index contributed by atoms with van der Waals surface area (Å²) in [5, 5.41) is 13.0. The predicted molar refractivity (Wildman–Crippen MR) is 84.6 cm³/mol. The minimum absolute atomic E-state index is 0.312. The van der Waals surface area contributed by atoms with Crippen molar-refractivity contribution in [3.63, 3.8) is 0 Å². The van der Waals surface area contributed by atoms with Crippen molar-refractivity contribution in [2.24, 2.45) is 0 Å². The predicted octanol–water partition coefficient (Wildman–Crippen LogP) is 4.72. The lowest BCUT2D eigenvalue weighted by molar-refractivity contribution is 0.0696. The molecule has 0 bridgehead atoms. The Hall–Kier alpha value is -1.52. The van der Waals surface area contributed by atoms with Gasteiger partial charge in [-0.2, -0.15) is 0 Å². The molecule has 5 heteroatoms. The molecule has 0 saturated heterocycles. The molecule has 3 nitrogen and oxygen atoms in total. The highest BCUT2D eigenvalue weighted by Crippen LogP contribution is 2.24. The van der Waals surface area contributed by atoms with E-state index >= 15 is 0 Å². The van der Waals surface area contributed by atoms with Crippen LogP contribution in [-0.2, 0) is 6.54 Å². The molecule has 0 aliphatic carbocycles. The van der Waals surface area contributed by atoms with Crippen molar-refractivity contribution in [3.05, 3.63) is 62.6 Å². The molecule has 2 rings (SSSR count). The maximum Gasteiger partial charge on any atom is 0.336 e. The SMILES string of the molecule is Cc1c(NCc2ccc(Cl)c(Br)c2)cccc1C(=O)O. The molecule has 2 aromatic rings. The molecule has 2 aromatic carbocycles. The van der Waals surface area contributed by atoms with E-state index in [1.807, 2.05) is 24.3 Å². The number of aromatic carboxylic acids is 1. The van der Waals surface area contributed by atoms with Crippen LogP contribution in [0.2, 0.25) is 5.02 Å². The molecule has 0 amide bonds. The highest BCUT2D eigenvalue weighted by Gasteiger charge is 2.09. The number of carbonyl (C=O) groups is 1. The van der Waals surface area contributed by atoms with Gasteiger partial charge in [-0.1, -0.05) is 23.7 Å². The van der Waals surface area contributed by atoms with Crippen molar-refractivity contribution in [2.75, 3.05) is 5.32 Å². The van der Waals surface area contributed by atoms with E-state index < -0.39 is 5.97 Å². The number of hydrogen-bond donors (Lipinski definition) is 2. The van der Waals surface area contributed by atoms with Gasteiger partial charge in [0.05, 0.1) is 10.6 Å². The summed E-state index contributed by atoms with van der Waals surface area (Å²) in [6.45, 7) is 2.39. The first kappa shape index (κ1) is 14.9. The Bertz CT molecular complexity index is 658. The van der Waals surface area contributed by atoms with Crippen LogP contribution in [0.15, 0.2) is 40.9 Å². The van der Waals surface area contributed by atoms with Gasteiger partial charge in [-0.05, 0) is 58.2 Å². The lowest BCUT2D eigenvalue weighted by Gasteiger charge is -2.12. The molecule has 0 fully saturated rings. The second-order valence-corrected chi connectivity index (χ2v) is 5.65. The molecule has 0 atom stereocenters. The zero-order chi connectivity index (χ0) is 14.7. The molecule has 0 heterocycles. The van der Waals surface area contributed by atoms with Crippen LogP contribution in [-0.4, -0.2) is 11.1 Å². The maximum absolute atomic E-state index is 11.1. The summed E-state index contributed by atoms with van der Waals surface area (Å²) in [4.78, 5) is 11.1. The lowest BCUT2D eigenvalue weighted by atomic mass is 10.1. The number of nitrogens with one attached hydrogen (secondary N) is 1. The zero-order valence-electron chi connectivity index (χ0n) is 10.8. The van der Waals surface area contributed by atoms with Crippen LogP contribution in [0.4, 0.5) is 5.69 Å². The first-order valence-corrected chi connectivity index (χ1v) is 7.17. The molecular formula is C15H13BrClNO2. The van der Waals surface area contributed by atoms with E-state index in [0.29, 0.717) is 17.1 Å². The van der Waals surface area contributed by atoms with Gasteiger partial charge in [-0.3, -0.25) is 0 Å². The Labute approximate surface area is 130 Å². The van der Waals surface area contributed by atoms with Gasteiger partial charge >= 0.3 is 5.97 Å². The van der Waals surface area contributed by atoms with Gasteiger partial charge in [0.15, 0.2) is 0 Å². The van der Waals surface area contributed by atoms with Crippen LogP contribution in [0.1, 0.15) is 21.5 Å². The fourth-order valence-corrected chi connectivity index (χ4v) is 2.45. The largest absolute Gasteiger partial charge is 0.478 e. The van der Waals surface area contributed by atoms with Crippen LogP contribution in [0.25, 0.3) is 0 Å². The molecule has 0 saturated carbocycles. The van der Waals surface area contributed by atoms with Crippen molar-refractivity contribution in [1.29, 1.82) is 0 Å². The summed E-state index contributed by atoms with van der Waals surface area (Å²) in [6, 6.07) is 10.9. The smallest absolute Gasteiger partial charge is 0.336 e. The average molecular weight is 355 g/mol. The molecule has 2 N–H and O–H groups in total. The van der Waals surface area contributed by atoms with Crippen LogP contribution >= 0.6 is 27.5 Å². The number of rotatable bonds is 4. The fraction of sp³-hybridized carbons (Fsp3) is 0.133. The summed E-state index contributed by atoms with van der Waals surface area (Å²) < 4.78 is 0.842. The van der Waals surface area contributed by atoms with Crippen LogP contribution in [0.5, 0.6) is 0 Å². The molecule has 104 valence electrons. The van der Waals surface area contributed by atoms with Crippen LogP contribution < -0.4 is 5.32 Å². The second-order valence-electron chi connectivity index (χ2n) is 4.39. The minimum Gasteiger partial charge on any atom is -0.478 e. The number of carboxylic acids is 1. The molecule has 20 heavy (non-hydrogen) atoms. The maximum atomic E-state index is 11.1. The Balaban J connectivity index is 2.17. The highest BCUT2D eigenvalue weighted by molar-refractivity contribution is 9.10. The standard InChI is InChI=1S/C15H13BrClNO2/c1-9-11(15(19)20)3-2-4-14(9)18-8-10-5-6-13(17)12(16)7-10/h2-7,18H,8H2,1H3,(H,19,20). The Morgan fingerprint density at radius 1 is 1.35 bits per heavy atom. The van der Waals surface area contributed by atoms with Gasteiger partial charge in [-0.15, -0.1) is 0 Å². The quantitative estimate of drug-likeness (QED) is 0.835. The van der Waals surface area contributed by atoms with Crippen molar-refractivity contribution in [2.45, 2.75) is 13.5 Å².